The smallest absolute Gasteiger partial charge is 0.408 e. The van der Waals surface area contributed by atoms with Crippen LogP contribution in [0.2, 0.25) is 5.02 Å². The molecule has 0 fully saturated rings. The summed E-state index contributed by atoms with van der Waals surface area (Å²) in [6.45, 7) is 7.97. The molecule has 1 aromatic heterocycles. The molecule has 1 aliphatic heterocycles. The standard InChI is InChI=1S/C30H35ClF2N6O4/c1-5-11-34-25(40)16-23(36-29(42)43-30(2,3)4)28(41)38-12-13-39-24(17-38)37-26(18-7-6-8-19(32)14-18)27(39)35-20-9-10-21(31)22(33)15-20/h6-10,14-15,23,35H,5,11-13,16-17H2,1-4H3,(H,34,40)(H,36,42). The van der Waals surface area contributed by atoms with E-state index in [1.54, 1.807) is 39.0 Å². The number of aromatic nitrogens is 2. The van der Waals surface area contributed by atoms with Crippen molar-refractivity contribution in [1.82, 2.24) is 25.1 Å². The van der Waals surface area contributed by atoms with Crippen molar-refractivity contribution < 1.29 is 27.9 Å². The number of nitrogens with zero attached hydrogens (tertiary/aromatic N) is 3. The summed E-state index contributed by atoms with van der Waals surface area (Å²) < 4.78 is 35.6. The number of carbonyl (C=O) groups is 3. The Kier molecular flexibility index (Phi) is 9.90. The molecule has 1 unspecified atom stereocenters. The minimum atomic E-state index is -1.18. The van der Waals surface area contributed by atoms with Crippen molar-refractivity contribution in [2.45, 2.75) is 65.3 Å². The number of halogens is 3. The zero-order valence-corrected chi connectivity index (χ0v) is 25.2. The Bertz CT molecular complexity index is 1510. The minimum Gasteiger partial charge on any atom is -0.444 e. The Morgan fingerprint density at radius 1 is 1.12 bits per heavy atom. The van der Waals surface area contributed by atoms with Gasteiger partial charge in [0.1, 0.15) is 40.6 Å². The van der Waals surface area contributed by atoms with E-state index in [1.807, 2.05) is 11.5 Å². The molecule has 3 aromatic rings. The van der Waals surface area contributed by atoms with Crippen LogP contribution in [0.1, 0.15) is 46.4 Å². The third kappa shape index (κ3) is 8.22. The van der Waals surface area contributed by atoms with Crippen LogP contribution in [-0.2, 0) is 27.4 Å². The molecule has 1 atom stereocenters. The van der Waals surface area contributed by atoms with Gasteiger partial charge in [-0.3, -0.25) is 9.59 Å². The SMILES string of the molecule is CCCNC(=O)CC(NC(=O)OC(C)(C)C)C(=O)N1CCn2c(nc(-c3cccc(F)c3)c2Nc2ccc(Cl)c(F)c2)C1. The van der Waals surface area contributed by atoms with E-state index in [1.165, 1.54) is 29.2 Å². The molecule has 1 aliphatic rings. The lowest BCUT2D eigenvalue weighted by molar-refractivity contribution is -0.137. The van der Waals surface area contributed by atoms with Gasteiger partial charge in [0.25, 0.3) is 0 Å². The highest BCUT2D eigenvalue weighted by molar-refractivity contribution is 6.30. The molecule has 230 valence electrons. The van der Waals surface area contributed by atoms with Gasteiger partial charge in [-0.05, 0) is 57.5 Å². The maximum Gasteiger partial charge on any atom is 0.408 e. The Morgan fingerprint density at radius 3 is 2.56 bits per heavy atom. The van der Waals surface area contributed by atoms with E-state index in [0.717, 1.165) is 0 Å². The van der Waals surface area contributed by atoms with Crippen molar-refractivity contribution in [3.63, 3.8) is 0 Å². The second-order valence-electron chi connectivity index (χ2n) is 11.2. The van der Waals surface area contributed by atoms with Crippen LogP contribution in [-0.4, -0.2) is 57.1 Å². The normalized spacial score (nSPS) is 13.6. The highest BCUT2D eigenvalue weighted by Gasteiger charge is 2.33. The van der Waals surface area contributed by atoms with Gasteiger partial charge in [0.15, 0.2) is 0 Å². The van der Waals surface area contributed by atoms with Crippen LogP contribution >= 0.6 is 11.6 Å². The first kappa shape index (κ1) is 31.7. The monoisotopic (exact) mass is 616 g/mol. The largest absolute Gasteiger partial charge is 0.444 e. The van der Waals surface area contributed by atoms with E-state index < -0.39 is 35.3 Å². The topological polar surface area (TPSA) is 118 Å². The number of carbonyl (C=O) groups excluding carboxylic acids is 3. The summed E-state index contributed by atoms with van der Waals surface area (Å²) in [5.41, 5.74) is 0.484. The molecule has 0 aliphatic carbocycles. The number of ether oxygens (including phenoxy) is 1. The Hall–Kier alpha value is -4.19. The molecule has 2 heterocycles. The van der Waals surface area contributed by atoms with Crippen molar-refractivity contribution >= 4 is 41.0 Å². The summed E-state index contributed by atoms with van der Waals surface area (Å²) in [5.74, 6) is -0.973. The number of fused-ring (bicyclic) bond motifs is 1. The third-order valence-corrected chi connectivity index (χ3v) is 6.82. The van der Waals surface area contributed by atoms with Gasteiger partial charge >= 0.3 is 6.09 Å². The lowest BCUT2D eigenvalue weighted by Gasteiger charge is -2.32. The van der Waals surface area contributed by atoms with E-state index in [-0.39, 0.29) is 37.0 Å². The number of anilines is 2. The van der Waals surface area contributed by atoms with E-state index in [4.69, 9.17) is 21.3 Å². The Balaban J connectivity index is 1.63. The van der Waals surface area contributed by atoms with Gasteiger partial charge < -0.3 is 30.2 Å². The summed E-state index contributed by atoms with van der Waals surface area (Å²) in [4.78, 5) is 45.1. The van der Waals surface area contributed by atoms with Gasteiger partial charge in [0, 0.05) is 30.9 Å². The number of hydrogen-bond acceptors (Lipinski definition) is 6. The number of alkyl carbamates (subject to hydrolysis) is 1. The zero-order chi connectivity index (χ0) is 31.3. The van der Waals surface area contributed by atoms with Crippen LogP contribution in [0.25, 0.3) is 11.3 Å². The molecule has 43 heavy (non-hydrogen) atoms. The quantitative estimate of drug-likeness (QED) is 0.297. The second-order valence-corrected chi connectivity index (χ2v) is 11.6. The molecule has 0 bridgehead atoms. The van der Waals surface area contributed by atoms with Gasteiger partial charge in [-0.15, -0.1) is 0 Å². The molecule has 13 heteroatoms. The Morgan fingerprint density at radius 2 is 1.88 bits per heavy atom. The molecule has 3 amide bonds. The van der Waals surface area contributed by atoms with Crippen LogP contribution < -0.4 is 16.0 Å². The predicted molar refractivity (Wildman–Crippen MR) is 159 cm³/mol. The molecular weight excluding hydrogens is 582 g/mol. The predicted octanol–water partition coefficient (Wildman–Crippen LogP) is 5.38. The maximum atomic E-state index is 14.2. The first-order chi connectivity index (χ1) is 20.3. The Labute approximate surface area is 253 Å². The van der Waals surface area contributed by atoms with Crippen LogP contribution in [0.3, 0.4) is 0 Å². The number of rotatable bonds is 9. The van der Waals surface area contributed by atoms with Gasteiger partial charge in [-0.1, -0.05) is 30.7 Å². The fourth-order valence-corrected chi connectivity index (χ4v) is 4.70. The number of hydrogen-bond donors (Lipinski definition) is 3. The van der Waals surface area contributed by atoms with Crippen molar-refractivity contribution in [2.75, 3.05) is 18.4 Å². The summed E-state index contributed by atoms with van der Waals surface area (Å²) in [5, 5.41) is 8.43. The van der Waals surface area contributed by atoms with Crippen molar-refractivity contribution in [3.05, 3.63) is 64.9 Å². The van der Waals surface area contributed by atoms with Crippen LogP contribution in [0, 0.1) is 11.6 Å². The number of imidazole rings is 1. The molecule has 2 aromatic carbocycles. The third-order valence-electron chi connectivity index (χ3n) is 6.52. The highest BCUT2D eigenvalue weighted by Crippen LogP contribution is 2.34. The summed E-state index contributed by atoms with van der Waals surface area (Å²) >= 11 is 5.85. The lowest BCUT2D eigenvalue weighted by Crippen LogP contribution is -2.53. The zero-order valence-electron chi connectivity index (χ0n) is 24.5. The van der Waals surface area contributed by atoms with E-state index in [2.05, 4.69) is 16.0 Å². The van der Waals surface area contributed by atoms with E-state index in [9.17, 15) is 23.2 Å². The number of benzene rings is 2. The fourth-order valence-electron chi connectivity index (χ4n) is 4.59. The van der Waals surface area contributed by atoms with Crippen LogP contribution in [0.4, 0.5) is 25.1 Å². The van der Waals surface area contributed by atoms with Crippen LogP contribution in [0.15, 0.2) is 42.5 Å². The van der Waals surface area contributed by atoms with Gasteiger partial charge in [0.2, 0.25) is 11.8 Å². The summed E-state index contributed by atoms with van der Waals surface area (Å²) in [7, 11) is 0. The first-order valence-electron chi connectivity index (χ1n) is 14.0. The first-order valence-corrected chi connectivity index (χ1v) is 14.3. The summed E-state index contributed by atoms with van der Waals surface area (Å²) in [6.07, 6.45) is -0.375. The highest BCUT2D eigenvalue weighted by atomic mass is 35.5. The second kappa shape index (κ2) is 13.4. The fraction of sp³-hybridized carbons (Fsp3) is 0.400. The molecule has 0 saturated carbocycles. The molecular formula is C30H35ClF2N6O4. The average molecular weight is 617 g/mol. The molecule has 3 N–H and O–H groups in total. The molecule has 4 rings (SSSR count). The van der Waals surface area contributed by atoms with Gasteiger partial charge in [0.05, 0.1) is 18.0 Å². The molecule has 0 saturated heterocycles. The average Bonchev–Trinajstić information content (AvgIpc) is 3.29. The minimum absolute atomic E-state index is 0.0294. The van der Waals surface area contributed by atoms with Crippen molar-refractivity contribution in [3.8, 4) is 11.3 Å². The van der Waals surface area contributed by atoms with Crippen molar-refractivity contribution in [2.24, 2.45) is 0 Å². The number of nitrogens with one attached hydrogen (secondary N) is 3. The number of amides is 3. The van der Waals surface area contributed by atoms with Crippen molar-refractivity contribution in [1.29, 1.82) is 0 Å². The molecule has 10 nitrogen and oxygen atoms in total. The molecule has 0 spiro atoms. The van der Waals surface area contributed by atoms with Crippen LogP contribution in [0.5, 0.6) is 0 Å². The van der Waals surface area contributed by atoms with Gasteiger partial charge in [-0.2, -0.15) is 0 Å². The molecule has 0 radical (unpaired) electrons. The lowest BCUT2D eigenvalue weighted by atomic mass is 10.1. The summed E-state index contributed by atoms with van der Waals surface area (Å²) in [6, 6.07) is 9.00. The maximum absolute atomic E-state index is 14.2. The van der Waals surface area contributed by atoms with E-state index >= 15 is 0 Å². The van der Waals surface area contributed by atoms with Gasteiger partial charge in [-0.25, -0.2) is 18.6 Å². The van der Waals surface area contributed by atoms with E-state index in [0.29, 0.717) is 41.6 Å².